The number of carbonyl (C=O) groups is 1. The Morgan fingerprint density at radius 2 is 1.95 bits per heavy atom. The quantitative estimate of drug-likeness (QED) is 0.891. The summed E-state index contributed by atoms with van der Waals surface area (Å²) in [6.45, 7) is 0. The lowest BCUT2D eigenvalue weighted by molar-refractivity contribution is -0.137. The summed E-state index contributed by atoms with van der Waals surface area (Å²) in [5, 5.41) is 11.4. The number of pyridine rings is 1. The number of alkyl halides is 3. The molecular formula is C13H8ClF3N2O2. The third-order valence-corrected chi connectivity index (χ3v) is 2.87. The fraction of sp³-hybridized carbons (Fsp3) is 0.0769. The first-order valence-corrected chi connectivity index (χ1v) is 5.98. The number of aromatic nitrogens is 1. The highest BCUT2D eigenvalue weighted by molar-refractivity contribution is 6.33. The van der Waals surface area contributed by atoms with E-state index < -0.39 is 17.7 Å². The van der Waals surface area contributed by atoms with E-state index in [1.807, 2.05) is 0 Å². The van der Waals surface area contributed by atoms with Crippen molar-refractivity contribution in [3.63, 3.8) is 0 Å². The van der Waals surface area contributed by atoms with Crippen molar-refractivity contribution in [3.8, 4) is 0 Å². The van der Waals surface area contributed by atoms with E-state index in [9.17, 15) is 18.0 Å². The van der Waals surface area contributed by atoms with E-state index in [4.69, 9.17) is 16.7 Å². The van der Waals surface area contributed by atoms with Gasteiger partial charge in [0.1, 0.15) is 5.69 Å². The Kier molecular flexibility index (Phi) is 4.04. The van der Waals surface area contributed by atoms with Gasteiger partial charge in [-0.2, -0.15) is 13.2 Å². The summed E-state index contributed by atoms with van der Waals surface area (Å²) in [7, 11) is 0. The fourth-order valence-corrected chi connectivity index (χ4v) is 1.77. The van der Waals surface area contributed by atoms with Gasteiger partial charge >= 0.3 is 12.1 Å². The number of halogens is 4. The minimum atomic E-state index is -4.47. The van der Waals surface area contributed by atoms with E-state index in [0.29, 0.717) is 5.69 Å². The molecule has 1 aromatic heterocycles. The summed E-state index contributed by atoms with van der Waals surface area (Å²) in [5.74, 6) is -1.17. The van der Waals surface area contributed by atoms with Crippen LogP contribution in [0.4, 0.5) is 24.5 Å². The number of hydrogen-bond acceptors (Lipinski definition) is 3. The second-order valence-corrected chi connectivity index (χ2v) is 4.46. The molecule has 1 heterocycles. The molecule has 0 aliphatic rings. The largest absolute Gasteiger partial charge is 0.477 e. The van der Waals surface area contributed by atoms with E-state index in [1.165, 1.54) is 24.4 Å². The summed E-state index contributed by atoms with van der Waals surface area (Å²) in [5.41, 5.74) is -0.326. The normalized spacial score (nSPS) is 11.2. The Labute approximate surface area is 122 Å². The topological polar surface area (TPSA) is 62.2 Å². The molecule has 2 N–H and O–H groups in total. The van der Waals surface area contributed by atoms with Gasteiger partial charge in [-0.15, -0.1) is 0 Å². The lowest BCUT2D eigenvalue weighted by atomic mass is 10.2. The van der Waals surface area contributed by atoms with E-state index in [-0.39, 0.29) is 16.4 Å². The molecule has 110 valence electrons. The molecule has 2 aromatic rings. The molecule has 0 atom stereocenters. The van der Waals surface area contributed by atoms with Gasteiger partial charge in [-0.3, -0.25) is 0 Å². The summed E-state index contributed by atoms with van der Waals surface area (Å²) in [6, 6.07) is 5.60. The van der Waals surface area contributed by atoms with Crippen LogP contribution in [0.5, 0.6) is 0 Å². The van der Waals surface area contributed by atoms with Crippen molar-refractivity contribution in [1.29, 1.82) is 0 Å². The van der Waals surface area contributed by atoms with Crippen LogP contribution in [0, 0.1) is 0 Å². The van der Waals surface area contributed by atoms with Crippen molar-refractivity contribution in [2.75, 3.05) is 5.32 Å². The maximum Gasteiger partial charge on any atom is 0.416 e. The zero-order valence-electron chi connectivity index (χ0n) is 10.3. The summed E-state index contributed by atoms with van der Waals surface area (Å²) >= 11 is 5.79. The van der Waals surface area contributed by atoms with Gasteiger partial charge in [0.25, 0.3) is 0 Å². The number of rotatable bonds is 3. The number of anilines is 2. The maximum absolute atomic E-state index is 12.5. The van der Waals surface area contributed by atoms with Gasteiger partial charge in [0.2, 0.25) is 0 Å². The zero-order chi connectivity index (χ0) is 15.6. The molecule has 8 heteroatoms. The van der Waals surface area contributed by atoms with E-state index in [1.54, 1.807) is 0 Å². The monoisotopic (exact) mass is 316 g/mol. The highest BCUT2D eigenvalue weighted by atomic mass is 35.5. The second kappa shape index (κ2) is 5.61. The van der Waals surface area contributed by atoms with Gasteiger partial charge in [-0.05, 0) is 30.3 Å². The molecular weight excluding hydrogens is 309 g/mol. The molecule has 2 rings (SSSR count). The second-order valence-electron chi connectivity index (χ2n) is 4.05. The first-order valence-electron chi connectivity index (χ1n) is 5.60. The molecule has 4 nitrogen and oxygen atoms in total. The maximum atomic E-state index is 12.5. The van der Waals surface area contributed by atoms with Gasteiger partial charge < -0.3 is 10.4 Å². The van der Waals surface area contributed by atoms with E-state index >= 15 is 0 Å². The Hall–Kier alpha value is -2.28. The van der Waals surface area contributed by atoms with Crippen LogP contribution in [0.2, 0.25) is 5.02 Å². The Morgan fingerprint density at radius 3 is 2.43 bits per heavy atom. The smallest absolute Gasteiger partial charge is 0.416 e. The van der Waals surface area contributed by atoms with Gasteiger partial charge in [0.05, 0.1) is 28.2 Å². The van der Waals surface area contributed by atoms with Crippen LogP contribution in [0.3, 0.4) is 0 Å². The van der Waals surface area contributed by atoms with Crippen molar-refractivity contribution in [3.05, 3.63) is 52.8 Å². The summed E-state index contributed by atoms with van der Waals surface area (Å²) in [4.78, 5) is 14.3. The van der Waals surface area contributed by atoms with Crippen LogP contribution in [-0.2, 0) is 6.18 Å². The molecule has 0 saturated carbocycles. The molecule has 0 fully saturated rings. The van der Waals surface area contributed by atoms with Crippen molar-refractivity contribution in [2.24, 2.45) is 0 Å². The fourth-order valence-electron chi connectivity index (χ4n) is 1.54. The molecule has 0 spiro atoms. The van der Waals surface area contributed by atoms with E-state index in [2.05, 4.69) is 10.3 Å². The molecule has 0 bridgehead atoms. The third kappa shape index (κ3) is 3.63. The van der Waals surface area contributed by atoms with Crippen LogP contribution in [0.15, 0.2) is 36.5 Å². The molecule has 21 heavy (non-hydrogen) atoms. The number of aromatic carboxylic acids is 1. The standard InChI is InChI=1S/C13H8ClF3N2O2/c14-9-5-7(13(15,16)17)1-3-10(9)19-8-2-4-11(12(20)21)18-6-8/h1-6,19H,(H,20,21). The van der Waals surface area contributed by atoms with Gasteiger partial charge in [0, 0.05) is 0 Å². The minimum Gasteiger partial charge on any atom is -0.477 e. The summed E-state index contributed by atoms with van der Waals surface area (Å²) in [6.07, 6.45) is -3.22. The number of carboxylic acids is 1. The van der Waals surface area contributed by atoms with Crippen molar-refractivity contribution >= 4 is 28.9 Å². The highest BCUT2D eigenvalue weighted by Gasteiger charge is 2.30. The lowest BCUT2D eigenvalue weighted by Gasteiger charge is -2.11. The molecule has 0 aliphatic heterocycles. The number of carboxylic acid groups (broad SMARTS) is 1. The summed E-state index contributed by atoms with van der Waals surface area (Å²) < 4.78 is 37.5. The lowest BCUT2D eigenvalue weighted by Crippen LogP contribution is -2.05. The van der Waals surface area contributed by atoms with Crippen LogP contribution < -0.4 is 5.32 Å². The minimum absolute atomic E-state index is 0.105. The van der Waals surface area contributed by atoms with Crippen molar-refractivity contribution in [2.45, 2.75) is 6.18 Å². The first-order chi connectivity index (χ1) is 9.77. The van der Waals surface area contributed by atoms with Crippen LogP contribution in [-0.4, -0.2) is 16.1 Å². The highest BCUT2D eigenvalue weighted by Crippen LogP contribution is 2.34. The van der Waals surface area contributed by atoms with Gasteiger partial charge in [0.15, 0.2) is 0 Å². The Balaban J connectivity index is 2.22. The predicted molar refractivity (Wildman–Crippen MR) is 70.9 cm³/mol. The van der Waals surface area contributed by atoms with Crippen LogP contribution in [0.25, 0.3) is 0 Å². The number of hydrogen-bond donors (Lipinski definition) is 2. The number of nitrogens with one attached hydrogen (secondary N) is 1. The van der Waals surface area contributed by atoms with E-state index in [0.717, 1.165) is 12.1 Å². The zero-order valence-corrected chi connectivity index (χ0v) is 11.0. The SMILES string of the molecule is O=C(O)c1ccc(Nc2ccc(C(F)(F)F)cc2Cl)cn1. The molecule has 0 unspecified atom stereocenters. The Bertz CT molecular complexity index is 672. The third-order valence-electron chi connectivity index (χ3n) is 2.56. The average molecular weight is 317 g/mol. The molecule has 1 aromatic carbocycles. The van der Waals surface area contributed by atoms with Crippen LogP contribution in [0.1, 0.15) is 16.1 Å². The van der Waals surface area contributed by atoms with Crippen LogP contribution >= 0.6 is 11.6 Å². The van der Waals surface area contributed by atoms with Gasteiger partial charge in [-0.25, -0.2) is 9.78 Å². The number of nitrogens with zero attached hydrogens (tertiary/aromatic N) is 1. The molecule has 0 amide bonds. The average Bonchev–Trinajstić information content (AvgIpc) is 2.40. The molecule has 0 radical (unpaired) electrons. The van der Waals surface area contributed by atoms with Gasteiger partial charge in [-0.1, -0.05) is 11.6 Å². The number of benzene rings is 1. The predicted octanol–water partition coefficient (Wildman–Crippen LogP) is 4.20. The molecule has 0 saturated heterocycles. The van der Waals surface area contributed by atoms with Crippen molar-refractivity contribution < 1.29 is 23.1 Å². The Morgan fingerprint density at radius 1 is 1.24 bits per heavy atom. The van der Waals surface area contributed by atoms with Crippen molar-refractivity contribution in [1.82, 2.24) is 4.98 Å². The molecule has 0 aliphatic carbocycles. The first kappa shape index (κ1) is 15.1.